The maximum atomic E-state index is 12.5. The second-order valence-electron chi connectivity index (χ2n) is 7.56. The van der Waals surface area contributed by atoms with Crippen LogP contribution in [-0.2, 0) is 14.3 Å². The van der Waals surface area contributed by atoms with Gasteiger partial charge in [-0.3, -0.25) is 4.79 Å². The Morgan fingerprint density at radius 1 is 1.18 bits per heavy atom. The molecule has 0 aliphatic rings. The molecule has 0 saturated carbocycles. The van der Waals surface area contributed by atoms with Crippen LogP contribution in [0.5, 0.6) is 0 Å². The van der Waals surface area contributed by atoms with Crippen LogP contribution in [0, 0.1) is 39.0 Å². The number of esters is 1. The standard InChI is InChI=1S/C25H23ClN4O3/c1-15-10-16(2)24(22(26)11-15)28-23(31)14-33-25(32)19(13-27)12-21-17(3)29-30(18(21)4)20-8-6-5-7-9-20/h5-12H,14H2,1-4H3,(H,28,31). The summed E-state index contributed by atoms with van der Waals surface area (Å²) in [4.78, 5) is 24.7. The molecule has 0 bridgehead atoms. The average Bonchev–Trinajstić information content (AvgIpc) is 3.06. The summed E-state index contributed by atoms with van der Waals surface area (Å²) in [7, 11) is 0. The van der Waals surface area contributed by atoms with Gasteiger partial charge in [-0.15, -0.1) is 0 Å². The minimum atomic E-state index is -0.898. The first-order valence-corrected chi connectivity index (χ1v) is 10.6. The van der Waals surface area contributed by atoms with E-state index in [1.165, 1.54) is 6.08 Å². The SMILES string of the molecule is Cc1cc(C)c(NC(=O)COC(=O)C(C#N)=Cc2c(C)nn(-c3ccccc3)c2C)c(Cl)c1. The molecule has 0 fully saturated rings. The number of carbonyl (C=O) groups is 2. The van der Waals surface area contributed by atoms with Crippen molar-refractivity contribution in [3.63, 3.8) is 0 Å². The van der Waals surface area contributed by atoms with E-state index < -0.39 is 18.5 Å². The Kier molecular flexibility index (Phi) is 7.31. The van der Waals surface area contributed by atoms with Crippen LogP contribution in [0.4, 0.5) is 5.69 Å². The molecular formula is C25H23ClN4O3. The van der Waals surface area contributed by atoms with Crippen LogP contribution in [0.25, 0.3) is 11.8 Å². The number of nitriles is 1. The summed E-state index contributed by atoms with van der Waals surface area (Å²) in [6.07, 6.45) is 1.43. The highest BCUT2D eigenvalue weighted by atomic mass is 35.5. The molecule has 8 heteroatoms. The van der Waals surface area contributed by atoms with Crippen LogP contribution in [0.1, 0.15) is 28.1 Å². The minimum absolute atomic E-state index is 0.230. The van der Waals surface area contributed by atoms with Gasteiger partial charge in [0, 0.05) is 11.3 Å². The molecule has 3 aromatic rings. The number of carbonyl (C=O) groups excluding carboxylic acids is 2. The third kappa shape index (κ3) is 5.48. The summed E-state index contributed by atoms with van der Waals surface area (Å²) in [6, 6.07) is 15.0. The van der Waals surface area contributed by atoms with Crippen LogP contribution in [0.2, 0.25) is 5.02 Å². The Balaban J connectivity index is 1.73. The molecule has 2 aromatic carbocycles. The number of para-hydroxylation sites is 1. The molecule has 168 valence electrons. The molecule has 0 aliphatic heterocycles. The van der Waals surface area contributed by atoms with Crippen LogP contribution in [-0.4, -0.2) is 28.3 Å². The quantitative estimate of drug-likeness (QED) is 0.321. The predicted octanol–water partition coefficient (Wildman–Crippen LogP) is 4.85. The fraction of sp³-hybridized carbons (Fsp3) is 0.200. The largest absolute Gasteiger partial charge is 0.451 e. The van der Waals surface area contributed by atoms with Crippen LogP contribution in [0.15, 0.2) is 48.0 Å². The van der Waals surface area contributed by atoms with E-state index in [-0.39, 0.29) is 5.57 Å². The Bertz CT molecular complexity index is 1260. The molecule has 0 radical (unpaired) electrons. The van der Waals surface area contributed by atoms with Gasteiger partial charge in [-0.25, -0.2) is 9.48 Å². The van der Waals surface area contributed by atoms with E-state index in [0.29, 0.717) is 22.0 Å². The Morgan fingerprint density at radius 3 is 2.52 bits per heavy atom. The van der Waals surface area contributed by atoms with E-state index in [1.807, 2.05) is 63.2 Å². The molecule has 0 saturated heterocycles. The number of amides is 1. The number of nitrogens with zero attached hydrogens (tertiary/aromatic N) is 3. The van der Waals surface area contributed by atoms with E-state index in [0.717, 1.165) is 22.5 Å². The highest BCUT2D eigenvalue weighted by molar-refractivity contribution is 6.34. The summed E-state index contributed by atoms with van der Waals surface area (Å²) in [5, 5.41) is 17.0. The van der Waals surface area contributed by atoms with E-state index >= 15 is 0 Å². The van der Waals surface area contributed by atoms with Crippen LogP contribution < -0.4 is 5.32 Å². The highest BCUT2D eigenvalue weighted by Gasteiger charge is 2.18. The maximum absolute atomic E-state index is 12.5. The molecule has 33 heavy (non-hydrogen) atoms. The van der Waals surface area contributed by atoms with E-state index in [9.17, 15) is 14.9 Å². The molecule has 0 atom stereocenters. The minimum Gasteiger partial charge on any atom is -0.451 e. The second kappa shape index (κ2) is 10.2. The zero-order valence-electron chi connectivity index (χ0n) is 18.8. The van der Waals surface area contributed by atoms with Crippen molar-refractivity contribution < 1.29 is 14.3 Å². The first-order valence-electron chi connectivity index (χ1n) is 10.2. The lowest BCUT2D eigenvalue weighted by atomic mass is 10.1. The number of hydrogen-bond acceptors (Lipinski definition) is 5. The number of aromatic nitrogens is 2. The smallest absolute Gasteiger partial charge is 0.349 e. The molecule has 1 amide bonds. The summed E-state index contributed by atoms with van der Waals surface area (Å²) in [6.45, 7) is 6.80. The molecule has 1 N–H and O–H groups in total. The lowest BCUT2D eigenvalue weighted by Gasteiger charge is -2.11. The van der Waals surface area contributed by atoms with E-state index in [2.05, 4.69) is 10.4 Å². The summed E-state index contributed by atoms with van der Waals surface area (Å²) in [5.74, 6) is -1.45. The molecule has 0 spiro atoms. The van der Waals surface area contributed by atoms with Gasteiger partial charge in [0.1, 0.15) is 11.6 Å². The number of halogens is 1. The number of hydrogen-bond donors (Lipinski definition) is 1. The van der Waals surface area contributed by atoms with Gasteiger partial charge in [0.05, 0.1) is 22.1 Å². The monoisotopic (exact) mass is 462 g/mol. The number of aryl methyl sites for hydroxylation is 3. The van der Waals surface area contributed by atoms with Crippen molar-refractivity contribution in [3.05, 3.63) is 81.1 Å². The number of benzene rings is 2. The molecule has 1 heterocycles. The lowest BCUT2D eigenvalue weighted by Crippen LogP contribution is -2.22. The Hall–Kier alpha value is -3.89. The molecular weight excluding hydrogens is 440 g/mol. The maximum Gasteiger partial charge on any atom is 0.349 e. The first-order chi connectivity index (χ1) is 15.7. The van der Waals surface area contributed by atoms with Crippen molar-refractivity contribution in [2.45, 2.75) is 27.7 Å². The molecule has 3 rings (SSSR count). The average molecular weight is 463 g/mol. The molecule has 0 unspecified atom stereocenters. The normalized spacial score (nSPS) is 11.1. The fourth-order valence-electron chi connectivity index (χ4n) is 3.42. The zero-order chi connectivity index (χ0) is 24.1. The van der Waals surface area contributed by atoms with Crippen molar-refractivity contribution >= 4 is 35.2 Å². The van der Waals surface area contributed by atoms with Crippen molar-refractivity contribution in [1.29, 1.82) is 5.26 Å². The molecule has 1 aromatic heterocycles. The number of ether oxygens (including phenoxy) is 1. The topological polar surface area (TPSA) is 97.0 Å². The van der Waals surface area contributed by atoms with Crippen LogP contribution in [0.3, 0.4) is 0 Å². The Morgan fingerprint density at radius 2 is 1.88 bits per heavy atom. The van der Waals surface area contributed by atoms with Gasteiger partial charge in [-0.1, -0.05) is 35.9 Å². The summed E-state index contributed by atoms with van der Waals surface area (Å²) >= 11 is 6.20. The second-order valence-corrected chi connectivity index (χ2v) is 7.97. The van der Waals surface area contributed by atoms with Gasteiger partial charge in [0.2, 0.25) is 0 Å². The van der Waals surface area contributed by atoms with Gasteiger partial charge in [0.15, 0.2) is 6.61 Å². The van der Waals surface area contributed by atoms with Crippen molar-refractivity contribution in [1.82, 2.24) is 9.78 Å². The lowest BCUT2D eigenvalue weighted by molar-refractivity contribution is -0.142. The highest BCUT2D eigenvalue weighted by Crippen LogP contribution is 2.27. The third-order valence-corrected chi connectivity index (χ3v) is 5.31. The summed E-state index contributed by atoms with van der Waals surface area (Å²) < 4.78 is 6.80. The van der Waals surface area contributed by atoms with Gasteiger partial charge in [-0.2, -0.15) is 10.4 Å². The first kappa shape index (κ1) is 23.8. The van der Waals surface area contributed by atoms with E-state index in [4.69, 9.17) is 16.3 Å². The third-order valence-electron chi connectivity index (χ3n) is 5.01. The Labute approximate surface area is 197 Å². The van der Waals surface area contributed by atoms with E-state index in [1.54, 1.807) is 17.7 Å². The fourth-order valence-corrected chi connectivity index (χ4v) is 3.79. The van der Waals surface area contributed by atoms with Crippen molar-refractivity contribution in [3.8, 4) is 11.8 Å². The number of rotatable bonds is 6. The number of anilines is 1. The van der Waals surface area contributed by atoms with Gasteiger partial charge < -0.3 is 10.1 Å². The summed E-state index contributed by atoms with van der Waals surface area (Å²) in [5.41, 5.74) is 4.90. The van der Waals surface area contributed by atoms with Gasteiger partial charge in [0.25, 0.3) is 5.91 Å². The number of nitrogens with one attached hydrogen (secondary N) is 1. The van der Waals surface area contributed by atoms with Crippen LogP contribution >= 0.6 is 11.6 Å². The molecule has 7 nitrogen and oxygen atoms in total. The van der Waals surface area contributed by atoms with Crippen molar-refractivity contribution in [2.24, 2.45) is 0 Å². The van der Waals surface area contributed by atoms with Gasteiger partial charge >= 0.3 is 5.97 Å². The molecule has 0 aliphatic carbocycles. The zero-order valence-corrected chi connectivity index (χ0v) is 19.5. The van der Waals surface area contributed by atoms with Crippen molar-refractivity contribution in [2.75, 3.05) is 11.9 Å². The van der Waals surface area contributed by atoms with Gasteiger partial charge in [-0.05, 0) is 63.1 Å². The predicted molar refractivity (Wildman–Crippen MR) is 127 cm³/mol.